The van der Waals surface area contributed by atoms with Crippen molar-refractivity contribution in [2.75, 3.05) is 18.2 Å². The highest BCUT2D eigenvalue weighted by atomic mass is 16.5. The molecule has 0 atom stereocenters. The number of ether oxygens (including phenoxy) is 2. The van der Waals surface area contributed by atoms with Gasteiger partial charge >= 0.3 is 5.97 Å². The second-order valence-corrected chi connectivity index (χ2v) is 8.99. The molecule has 0 aliphatic heterocycles. The zero-order valence-corrected chi connectivity index (χ0v) is 22.3. The number of nitrogen functional groups attached to an aromatic ring is 2. The highest BCUT2D eigenvalue weighted by Crippen LogP contribution is 2.38. The maximum atomic E-state index is 13.5. The van der Waals surface area contributed by atoms with Gasteiger partial charge in [-0.05, 0) is 25.5 Å². The monoisotopic (exact) mass is 535 g/mol. The zero-order valence-electron chi connectivity index (χ0n) is 22.3. The summed E-state index contributed by atoms with van der Waals surface area (Å²) in [4.78, 5) is 42.7. The standard InChI is InChI=1S/C27H33N7O5/c1-5-23(36)39-18-10-19(24(38-4)20(28)11-18)21-13-32-26(33-15(2)3)27(37)34(21)14-22(35)31-12-16-6-8-17(9-7-16)25(29)30/h6-11,13,15H,5,12,14,28H2,1-4H3,(H3,29,30)(H,31,35)(H,32,33). The quantitative estimate of drug-likeness (QED) is 0.0806. The molecule has 0 radical (unpaired) electrons. The van der Waals surface area contributed by atoms with E-state index in [9.17, 15) is 14.4 Å². The van der Waals surface area contributed by atoms with Crippen LogP contribution in [0.5, 0.6) is 11.5 Å². The number of anilines is 2. The van der Waals surface area contributed by atoms with E-state index in [-0.39, 0.29) is 60.1 Å². The van der Waals surface area contributed by atoms with E-state index in [1.807, 2.05) is 13.8 Å². The number of hydrogen-bond acceptors (Lipinski definition) is 9. The molecule has 1 aromatic heterocycles. The van der Waals surface area contributed by atoms with Gasteiger partial charge in [-0.2, -0.15) is 0 Å². The Morgan fingerprint density at radius 3 is 2.46 bits per heavy atom. The third-order valence-corrected chi connectivity index (χ3v) is 5.63. The number of esters is 1. The summed E-state index contributed by atoms with van der Waals surface area (Å²) in [6.45, 7) is 5.24. The van der Waals surface area contributed by atoms with Crippen LogP contribution in [0.25, 0.3) is 11.3 Å². The van der Waals surface area contributed by atoms with Gasteiger partial charge in [-0.3, -0.25) is 24.4 Å². The molecule has 12 heteroatoms. The average Bonchev–Trinajstić information content (AvgIpc) is 2.89. The van der Waals surface area contributed by atoms with Crippen molar-refractivity contribution < 1.29 is 19.1 Å². The Hall–Kier alpha value is -4.87. The van der Waals surface area contributed by atoms with Crippen LogP contribution in [0.4, 0.5) is 11.5 Å². The van der Waals surface area contributed by atoms with Crippen LogP contribution < -0.4 is 37.1 Å². The zero-order chi connectivity index (χ0) is 28.7. The fourth-order valence-corrected chi connectivity index (χ4v) is 3.74. The number of amides is 1. The van der Waals surface area contributed by atoms with Crippen molar-refractivity contribution in [2.45, 2.75) is 46.3 Å². The lowest BCUT2D eigenvalue weighted by Crippen LogP contribution is -2.35. The smallest absolute Gasteiger partial charge is 0.310 e. The molecule has 0 aliphatic rings. The predicted molar refractivity (Wildman–Crippen MR) is 149 cm³/mol. The van der Waals surface area contributed by atoms with Gasteiger partial charge in [0.25, 0.3) is 5.56 Å². The highest BCUT2D eigenvalue weighted by molar-refractivity contribution is 5.94. The van der Waals surface area contributed by atoms with Crippen LogP contribution in [0.3, 0.4) is 0 Å². The molecular formula is C27H33N7O5. The van der Waals surface area contributed by atoms with E-state index < -0.39 is 17.4 Å². The van der Waals surface area contributed by atoms with Crippen molar-refractivity contribution in [1.29, 1.82) is 5.41 Å². The van der Waals surface area contributed by atoms with Crippen LogP contribution in [0.2, 0.25) is 0 Å². The molecule has 0 unspecified atom stereocenters. The van der Waals surface area contributed by atoms with E-state index in [2.05, 4.69) is 15.6 Å². The first-order chi connectivity index (χ1) is 18.5. The molecule has 39 heavy (non-hydrogen) atoms. The molecule has 1 amide bonds. The summed E-state index contributed by atoms with van der Waals surface area (Å²) in [7, 11) is 1.42. The van der Waals surface area contributed by atoms with E-state index >= 15 is 0 Å². The molecule has 7 N–H and O–H groups in total. The maximum absolute atomic E-state index is 13.5. The number of methoxy groups -OCH3 is 1. The molecule has 0 fully saturated rings. The van der Waals surface area contributed by atoms with E-state index in [4.69, 9.17) is 26.4 Å². The second-order valence-electron chi connectivity index (χ2n) is 8.99. The van der Waals surface area contributed by atoms with Crippen molar-refractivity contribution >= 4 is 29.2 Å². The van der Waals surface area contributed by atoms with E-state index in [1.54, 1.807) is 31.2 Å². The summed E-state index contributed by atoms with van der Waals surface area (Å²) in [6.07, 6.45) is 1.59. The lowest BCUT2D eigenvalue weighted by molar-refractivity contribution is -0.134. The van der Waals surface area contributed by atoms with Crippen LogP contribution in [0.1, 0.15) is 38.3 Å². The summed E-state index contributed by atoms with van der Waals surface area (Å²) in [6, 6.07) is 9.76. The average molecular weight is 536 g/mol. The van der Waals surface area contributed by atoms with Gasteiger partial charge in [-0.15, -0.1) is 0 Å². The van der Waals surface area contributed by atoms with Crippen LogP contribution >= 0.6 is 0 Å². The number of nitrogens with two attached hydrogens (primary N) is 2. The number of carbonyl (C=O) groups excluding carboxylic acids is 2. The number of amidine groups is 1. The van der Waals surface area contributed by atoms with Crippen LogP contribution in [-0.4, -0.2) is 40.4 Å². The molecule has 0 aliphatic carbocycles. The Labute approximate surface area is 225 Å². The van der Waals surface area contributed by atoms with Crippen molar-refractivity contribution in [3.05, 3.63) is 64.1 Å². The minimum atomic E-state index is -0.529. The van der Waals surface area contributed by atoms with E-state index in [0.29, 0.717) is 11.1 Å². The first-order valence-electron chi connectivity index (χ1n) is 12.3. The van der Waals surface area contributed by atoms with Crippen LogP contribution in [-0.2, 0) is 22.7 Å². The SMILES string of the molecule is CCC(=O)Oc1cc(N)c(OC)c(-c2cnc(NC(C)C)c(=O)n2CC(=O)NCc2ccc(C(=N)N)cc2)c1. The normalized spacial score (nSPS) is 10.7. The van der Waals surface area contributed by atoms with Crippen molar-refractivity contribution in [2.24, 2.45) is 5.73 Å². The molecule has 12 nitrogen and oxygen atoms in total. The Morgan fingerprint density at radius 1 is 1.18 bits per heavy atom. The molecule has 3 aromatic rings. The second kappa shape index (κ2) is 12.6. The first kappa shape index (κ1) is 28.7. The first-order valence-corrected chi connectivity index (χ1v) is 12.3. The number of nitrogens with one attached hydrogen (secondary N) is 3. The number of nitrogens with zero attached hydrogens (tertiary/aromatic N) is 2. The van der Waals surface area contributed by atoms with Crippen molar-refractivity contribution in [3.8, 4) is 22.8 Å². The lowest BCUT2D eigenvalue weighted by Gasteiger charge is -2.19. The third kappa shape index (κ3) is 7.12. The molecule has 0 spiro atoms. The largest absolute Gasteiger partial charge is 0.494 e. The Morgan fingerprint density at radius 2 is 1.87 bits per heavy atom. The highest BCUT2D eigenvalue weighted by Gasteiger charge is 2.21. The topological polar surface area (TPSA) is 187 Å². The molecule has 1 heterocycles. The number of rotatable bonds is 11. The minimum absolute atomic E-state index is 0.0504. The Bertz CT molecular complexity index is 1430. The minimum Gasteiger partial charge on any atom is -0.494 e. The van der Waals surface area contributed by atoms with Crippen molar-refractivity contribution in [1.82, 2.24) is 14.9 Å². The van der Waals surface area contributed by atoms with Gasteiger partial charge in [0, 0.05) is 36.2 Å². The van der Waals surface area contributed by atoms with Gasteiger partial charge in [-0.25, -0.2) is 4.98 Å². The summed E-state index contributed by atoms with van der Waals surface area (Å²) in [5.74, 6) is -0.481. The Balaban J connectivity index is 2.01. The summed E-state index contributed by atoms with van der Waals surface area (Å²) >= 11 is 0. The van der Waals surface area contributed by atoms with Gasteiger partial charge in [0.2, 0.25) is 5.91 Å². The fourth-order valence-electron chi connectivity index (χ4n) is 3.74. The van der Waals surface area contributed by atoms with Gasteiger partial charge in [0.15, 0.2) is 11.6 Å². The Kier molecular flexibility index (Phi) is 9.26. The van der Waals surface area contributed by atoms with Crippen LogP contribution in [0.15, 0.2) is 47.4 Å². The molecule has 2 aromatic carbocycles. The maximum Gasteiger partial charge on any atom is 0.310 e. The molecule has 0 saturated heterocycles. The van der Waals surface area contributed by atoms with E-state index in [1.165, 1.54) is 30.0 Å². The summed E-state index contributed by atoms with van der Waals surface area (Å²) in [5.41, 5.74) is 13.2. The van der Waals surface area contributed by atoms with Crippen molar-refractivity contribution in [3.63, 3.8) is 0 Å². The van der Waals surface area contributed by atoms with E-state index in [0.717, 1.165) is 5.56 Å². The van der Waals surface area contributed by atoms with Gasteiger partial charge in [-0.1, -0.05) is 31.2 Å². The van der Waals surface area contributed by atoms with Gasteiger partial charge in [0.05, 0.1) is 24.7 Å². The number of aromatic nitrogens is 2. The van der Waals surface area contributed by atoms with Crippen LogP contribution in [0, 0.1) is 5.41 Å². The summed E-state index contributed by atoms with van der Waals surface area (Å²) in [5, 5.41) is 13.3. The number of carbonyl (C=O) groups is 2. The van der Waals surface area contributed by atoms with Gasteiger partial charge in [0.1, 0.15) is 18.1 Å². The molecule has 0 saturated carbocycles. The molecule has 3 rings (SSSR count). The fraction of sp³-hybridized carbons (Fsp3) is 0.296. The molecular weight excluding hydrogens is 502 g/mol. The summed E-state index contributed by atoms with van der Waals surface area (Å²) < 4.78 is 12.1. The predicted octanol–water partition coefficient (Wildman–Crippen LogP) is 2.24. The third-order valence-electron chi connectivity index (χ3n) is 5.63. The lowest BCUT2D eigenvalue weighted by atomic mass is 10.1. The number of hydrogen-bond donors (Lipinski definition) is 5. The molecule has 0 bridgehead atoms. The van der Waals surface area contributed by atoms with Gasteiger partial charge < -0.3 is 31.6 Å². The number of benzene rings is 2. The molecule has 206 valence electrons.